The number of non-ortho nitro benzene ring substituents is 1. The van der Waals surface area contributed by atoms with Crippen LogP contribution in [0.3, 0.4) is 0 Å². The zero-order valence-corrected chi connectivity index (χ0v) is 16.8. The molecule has 156 valence electrons. The summed E-state index contributed by atoms with van der Waals surface area (Å²) in [6, 6.07) is 14.4. The SMILES string of the molecule is CCCCc1cc(NC(=O)Nc2ccc([N+](=O)[O-])cc2)n(-c2cccc(OC)c2)n1. The lowest BCUT2D eigenvalue weighted by Gasteiger charge is -2.11. The summed E-state index contributed by atoms with van der Waals surface area (Å²) in [7, 11) is 1.59. The first-order chi connectivity index (χ1) is 14.5. The van der Waals surface area contributed by atoms with Crippen LogP contribution in [0, 0.1) is 10.1 Å². The Morgan fingerprint density at radius 2 is 1.93 bits per heavy atom. The molecule has 0 bridgehead atoms. The minimum atomic E-state index is -0.492. The molecule has 9 nitrogen and oxygen atoms in total. The number of ether oxygens (including phenoxy) is 1. The number of nitrogens with one attached hydrogen (secondary N) is 2. The number of hydrogen-bond donors (Lipinski definition) is 2. The molecule has 3 aromatic rings. The van der Waals surface area contributed by atoms with E-state index in [0.717, 1.165) is 30.6 Å². The van der Waals surface area contributed by atoms with Crippen LogP contribution in [0.1, 0.15) is 25.5 Å². The molecule has 0 aliphatic carbocycles. The number of anilines is 2. The molecule has 9 heteroatoms. The molecule has 0 saturated heterocycles. The van der Waals surface area contributed by atoms with Crippen LogP contribution in [0.25, 0.3) is 5.69 Å². The van der Waals surface area contributed by atoms with Gasteiger partial charge < -0.3 is 10.1 Å². The average molecular weight is 409 g/mol. The molecular weight excluding hydrogens is 386 g/mol. The van der Waals surface area contributed by atoms with Crippen LogP contribution >= 0.6 is 0 Å². The number of hydrogen-bond acceptors (Lipinski definition) is 5. The van der Waals surface area contributed by atoms with Crippen molar-refractivity contribution in [1.82, 2.24) is 9.78 Å². The topological polar surface area (TPSA) is 111 Å². The molecule has 3 rings (SSSR count). The maximum absolute atomic E-state index is 12.5. The van der Waals surface area contributed by atoms with Crippen molar-refractivity contribution < 1.29 is 14.5 Å². The van der Waals surface area contributed by atoms with Crippen LogP contribution < -0.4 is 15.4 Å². The van der Waals surface area contributed by atoms with Gasteiger partial charge in [0.25, 0.3) is 5.69 Å². The highest BCUT2D eigenvalue weighted by Crippen LogP contribution is 2.23. The third-order valence-corrected chi connectivity index (χ3v) is 4.42. The maximum Gasteiger partial charge on any atom is 0.324 e. The maximum atomic E-state index is 12.5. The van der Waals surface area contributed by atoms with Gasteiger partial charge in [0, 0.05) is 30.0 Å². The van der Waals surface area contributed by atoms with E-state index in [4.69, 9.17) is 4.74 Å². The van der Waals surface area contributed by atoms with Crippen LogP contribution in [0.5, 0.6) is 5.75 Å². The molecule has 0 saturated carbocycles. The van der Waals surface area contributed by atoms with Gasteiger partial charge in [0.1, 0.15) is 11.6 Å². The van der Waals surface area contributed by atoms with Gasteiger partial charge in [-0.15, -0.1) is 0 Å². The van der Waals surface area contributed by atoms with E-state index >= 15 is 0 Å². The van der Waals surface area contributed by atoms with E-state index < -0.39 is 11.0 Å². The van der Waals surface area contributed by atoms with Crippen LogP contribution in [0.2, 0.25) is 0 Å². The fraction of sp³-hybridized carbons (Fsp3) is 0.238. The minimum Gasteiger partial charge on any atom is -0.497 e. The van der Waals surface area contributed by atoms with Crippen molar-refractivity contribution in [2.24, 2.45) is 0 Å². The normalized spacial score (nSPS) is 10.5. The second-order valence-corrected chi connectivity index (χ2v) is 6.62. The molecule has 0 atom stereocenters. The van der Waals surface area contributed by atoms with E-state index in [9.17, 15) is 14.9 Å². The van der Waals surface area contributed by atoms with Crippen molar-refractivity contribution in [2.75, 3.05) is 17.7 Å². The Morgan fingerprint density at radius 1 is 1.17 bits per heavy atom. The number of aryl methyl sites for hydroxylation is 1. The van der Waals surface area contributed by atoms with E-state index in [1.807, 2.05) is 30.3 Å². The average Bonchev–Trinajstić information content (AvgIpc) is 3.15. The number of nitrogens with zero attached hydrogens (tertiary/aromatic N) is 3. The molecular formula is C21H23N5O4. The summed E-state index contributed by atoms with van der Waals surface area (Å²) < 4.78 is 6.94. The lowest BCUT2D eigenvalue weighted by atomic mass is 10.2. The Kier molecular flexibility index (Phi) is 6.63. The summed E-state index contributed by atoms with van der Waals surface area (Å²) in [5.41, 5.74) is 2.02. The number of amides is 2. The number of methoxy groups -OCH3 is 1. The van der Waals surface area contributed by atoms with Gasteiger partial charge in [0.05, 0.1) is 23.4 Å². The predicted molar refractivity (Wildman–Crippen MR) is 114 cm³/mol. The number of rotatable bonds is 8. The Bertz CT molecular complexity index is 1030. The number of unbranched alkanes of at least 4 members (excludes halogenated alkanes) is 1. The van der Waals surface area contributed by atoms with E-state index in [1.165, 1.54) is 24.3 Å². The standard InChI is InChI=1S/C21H23N5O4/c1-3-4-6-16-13-20(25(24-16)18-7-5-8-19(14-18)30-2)23-21(27)22-15-9-11-17(12-10-15)26(28)29/h5,7-14H,3-4,6H2,1-2H3,(H2,22,23,27). The highest BCUT2D eigenvalue weighted by Gasteiger charge is 2.14. The van der Waals surface area contributed by atoms with Gasteiger partial charge in [-0.25, -0.2) is 9.48 Å². The van der Waals surface area contributed by atoms with Crippen molar-refractivity contribution >= 4 is 23.2 Å². The van der Waals surface area contributed by atoms with E-state index in [-0.39, 0.29) is 5.69 Å². The van der Waals surface area contributed by atoms with Crippen LogP contribution in [0.4, 0.5) is 22.0 Å². The Hall–Kier alpha value is -3.88. The van der Waals surface area contributed by atoms with Crippen LogP contribution in [-0.2, 0) is 6.42 Å². The zero-order chi connectivity index (χ0) is 21.5. The van der Waals surface area contributed by atoms with Crippen molar-refractivity contribution in [3.63, 3.8) is 0 Å². The zero-order valence-electron chi connectivity index (χ0n) is 16.8. The summed E-state index contributed by atoms with van der Waals surface area (Å²) in [5, 5.41) is 20.9. The minimum absolute atomic E-state index is 0.0439. The fourth-order valence-corrected chi connectivity index (χ4v) is 2.88. The lowest BCUT2D eigenvalue weighted by Crippen LogP contribution is -2.21. The molecule has 0 aliphatic rings. The summed E-state index contributed by atoms with van der Waals surface area (Å²) >= 11 is 0. The number of urea groups is 1. The monoisotopic (exact) mass is 409 g/mol. The number of carbonyl (C=O) groups is 1. The van der Waals surface area contributed by atoms with E-state index in [1.54, 1.807) is 11.8 Å². The largest absolute Gasteiger partial charge is 0.497 e. The Morgan fingerprint density at radius 3 is 2.60 bits per heavy atom. The number of benzene rings is 2. The molecule has 1 heterocycles. The third-order valence-electron chi connectivity index (χ3n) is 4.42. The molecule has 2 aromatic carbocycles. The summed E-state index contributed by atoms with van der Waals surface area (Å²) in [4.78, 5) is 22.8. The van der Waals surface area contributed by atoms with Crippen LogP contribution in [-0.4, -0.2) is 27.8 Å². The van der Waals surface area contributed by atoms with Gasteiger partial charge in [0.15, 0.2) is 0 Å². The van der Waals surface area contributed by atoms with Gasteiger partial charge in [0.2, 0.25) is 0 Å². The highest BCUT2D eigenvalue weighted by molar-refractivity contribution is 5.99. The smallest absolute Gasteiger partial charge is 0.324 e. The quantitative estimate of drug-likeness (QED) is 0.411. The van der Waals surface area contributed by atoms with Gasteiger partial charge in [-0.05, 0) is 37.1 Å². The number of nitro benzene ring substituents is 1. The molecule has 1 aromatic heterocycles. The number of aromatic nitrogens is 2. The fourth-order valence-electron chi connectivity index (χ4n) is 2.88. The number of nitro groups is 1. The molecule has 2 amide bonds. The molecule has 2 N–H and O–H groups in total. The first-order valence-electron chi connectivity index (χ1n) is 9.56. The van der Waals surface area contributed by atoms with Gasteiger partial charge >= 0.3 is 6.03 Å². The van der Waals surface area contributed by atoms with E-state index in [2.05, 4.69) is 22.7 Å². The molecule has 0 aliphatic heterocycles. The van der Waals surface area contributed by atoms with Crippen LogP contribution in [0.15, 0.2) is 54.6 Å². The lowest BCUT2D eigenvalue weighted by molar-refractivity contribution is -0.384. The summed E-state index contributed by atoms with van der Waals surface area (Å²) in [6.45, 7) is 2.11. The van der Waals surface area contributed by atoms with Crippen molar-refractivity contribution in [1.29, 1.82) is 0 Å². The van der Waals surface area contributed by atoms with Crippen molar-refractivity contribution in [3.8, 4) is 11.4 Å². The number of carbonyl (C=O) groups excluding carboxylic acids is 1. The first kappa shape index (κ1) is 20.8. The molecule has 0 spiro atoms. The van der Waals surface area contributed by atoms with Gasteiger partial charge in [-0.3, -0.25) is 15.4 Å². The highest BCUT2D eigenvalue weighted by atomic mass is 16.6. The Balaban J connectivity index is 1.81. The van der Waals surface area contributed by atoms with Gasteiger partial charge in [-0.2, -0.15) is 5.10 Å². The predicted octanol–water partition coefficient (Wildman–Crippen LogP) is 4.78. The third kappa shape index (κ3) is 5.13. The molecule has 30 heavy (non-hydrogen) atoms. The van der Waals surface area contributed by atoms with Gasteiger partial charge in [-0.1, -0.05) is 19.4 Å². The summed E-state index contributed by atoms with van der Waals surface area (Å²) in [6.07, 6.45) is 2.82. The van der Waals surface area contributed by atoms with E-state index in [0.29, 0.717) is 17.3 Å². The first-order valence-corrected chi connectivity index (χ1v) is 9.56. The van der Waals surface area contributed by atoms with Crippen molar-refractivity contribution in [3.05, 3.63) is 70.4 Å². The van der Waals surface area contributed by atoms with Crippen molar-refractivity contribution in [2.45, 2.75) is 26.2 Å². The second kappa shape index (κ2) is 9.55. The molecule has 0 fully saturated rings. The second-order valence-electron chi connectivity index (χ2n) is 6.62. The molecule has 0 unspecified atom stereocenters. The Labute approximate surface area is 173 Å². The summed E-state index contributed by atoms with van der Waals surface area (Å²) in [5.74, 6) is 1.19. The molecule has 0 radical (unpaired) electrons.